The van der Waals surface area contributed by atoms with E-state index in [1.807, 2.05) is 44.2 Å². The maximum Gasteiger partial charge on any atom is 0.706 e. The zero-order valence-electron chi connectivity index (χ0n) is 20.4. The number of rotatable bonds is 9. The van der Waals surface area contributed by atoms with Gasteiger partial charge in [-0.3, -0.25) is 14.6 Å². The second kappa shape index (κ2) is 10.4. The van der Waals surface area contributed by atoms with Gasteiger partial charge in [0.05, 0.1) is 12.1 Å². The lowest BCUT2D eigenvalue weighted by molar-refractivity contribution is -0.146. The Bertz CT molecular complexity index is 1130. The first-order valence-electron chi connectivity index (χ1n) is 11.9. The van der Waals surface area contributed by atoms with Gasteiger partial charge in [-0.15, -0.1) is 0 Å². The molecule has 0 aliphatic carbocycles. The molecular weight excluding hydrogens is 467 g/mol. The van der Waals surface area contributed by atoms with Crippen LogP contribution in [0.3, 0.4) is 0 Å². The van der Waals surface area contributed by atoms with Crippen molar-refractivity contribution in [2.45, 2.75) is 51.7 Å². The van der Waals surface area contributed by atoms with Gasteiger partial charge in [0.1, 0.15) is 11.7 Å². The fourth-order valence-corrected chi connectivity index (χ4v) is 4.61. The SMILES string of the molecule is CC(C)C[C@H](NC(=O)[C@H](Cc1ccccc1)NC(=O)c1cnccn1)[B-]12OC(=O)C[O+]1[C@H](C)C(=O)O2. The van der Waals surface area contributed by atoms with Crippen LogP contribution in [0.1, 0.15) is 43.2 Å². The molecule has 2 aliphatic heterocycles. The van der Waals surface area contributed by atoms with Crippen LogP contribution in [-0.2, 0) is 34.4 Å². The highest BCUT2D eigenvalue weighted by Gasteiger charge is 2.70. The van der Waals surface area contributed by atoms with Crippen LogP contribution in [0.15, 0.2) is 48.9 Å². The Morgan fingerprint density at radius 2 is 1.89 bits per heavy atom. The number of hydrogen-bond acceptors (Lipinski definition) is 8. The summed E-state index contributed by atoms with van der Waals surface area (Å²) in [6.07, 6.45) is 3.93. The van der Waals surface area contributed by atoms with E-state index in [1.54, 1.807) is 6.92 Å². The average Bonchev–Trinajstić information content (AvgIpc) is 3.30. The van der Waals surface area contributed by atoms with E-state index in [2.05, 4.69) is 24.9 Å². The summed E-state index contributed by atoms with van der Waals surface area (Å²) in [7, 11) is 0. The maximum atomic E-state index is 13.6. The van der Waals surface area contributed by atoms with Gasteiger partial charge in [0.15, 0.2) is 6.61 Å². The highest BCUT2D eigenvalue weighted by Crippen LogP contribution is 2.39. The van der Waals surface area contributed by atoms with E-state index in [-0.39, 0.29) is 24.6 Å². The molecule has 2 saturated heterocycles. The Morgan fingerprint density at radius 1 is 1.14 bits per heavy atom. The van der Waals surface area contributed by atoms with Gasteiger partial charge >= 0.3 is 18.7 Å². The van der Waals surface area contributed by atoms with Crippen LogP contribution in [-0.4, -0.2) is 65.2 Å². The quantitative estimate of drug-likeness (QED) is 0.385. The molecule has 2 amide bonds. The molecule has 3 heterocycles. The van der Waals surface area contributed by atoms with Crippen LogP contribution >= 0.6 is 0 Å². The minimum atomic E-state index is -2.67. The van der Waals surface area contributed by atoms with Crippen LogP contribution in [0.2, 0.25) is 0 Å². The lowest BCUT2D eigenvalue weighted by Crippen LogP contribution is -2.64. The van der Waals surface area contributed by atoms with Gasteiger partial charge in [0, 0.05) is 25.7 Å². The third kappa shape index (κ3) is 5.23. The number of hydrogen-bond donors (Lipinski definition) is 2. The summed E-state index contributed by atoms with van der Waals surface area (Å²) in [6, 6.07) is 8.23. The van der Waals surface area contributed by atoms with E-state index in [0.717, 1.165) is 5.56 Å². The molecule has 12 heteroatoms. The molecule has 1 unspecified atom stereocenters. The molecule has 36 heavy (non-hydrogen) atoms. The molecule has 0 bridgehead atoms. The molecule has 1 aromatic carbocycles. The second-order valence-electron chi connectivity index (χ2n) is 9.43. The van der Waals surface area contributed by atoms with Crippen molar-refractivity contribution < 1.29 is 32.8 Å². The Kier molecular flexibility index (Phi) is 7.34. The molecule has 190 valence electrons. The number of benzene rings is 1. The van der Waals surface area contributed by atoms with Gasteiger partial charge in [-0.25, -0.2) is 14.6 Å². The molecular formula is C24H29BN4O7. The van der Waals surface area contributed by atoms with Crippen molar-refractivity contribution in [2.24, 2.45) is 5.92 Å². The van der Waals surface area contributed by atoms with E-state index in [1.165, 1.54) is 18.6 Å². The fraction of sp³-hybridized carbons (Fsp3) is 0.417. The van der Waals surface area contributed by atoms with Crippen LogP contribution < -0.4 is 10.6 Å². The molecule has 0 spiro atoms. The van der Waals surface area contributed by atoms with Crippen molar-refractivity contribution in [3.8, 4) is 0 Å². The zero-order chi connectivity index (χ0) is 25.9. The Hall–Kier alpha value is -3.80. The van der Waals surface area contributed by atoms with Gasteiger partial charge in [0.25, 0.3) is 5.91 Å². The highest BCUT2D eigenvalue weighted by atomic mass is 16.9. The van der Waals surface area contributed by atoms with Crippen LogP contribution in [0.4, 0.5) is 0 Å². The topological polar surface area (TPSA) is 139 Å². The van der Waals surface area contributed by atoms with Gasteiger partial charge in [-0.05, 0) is 17.9 Å². The Labute approximate surface area is 208 Å². The summed E-state index contributed by atoms with van der Waals surface area (Å²) in [4.78, 5) is 59.0. The van der Waals surface area contributed by atoms with Gasteiger partial charge in [-0.1, -0.05) is 44.2 Å². The van der Waals surface area contributed by atoms with Crippen molar-refractivity contribution in [3.05, 3.63) is 60.2 Å². The molecule has 2 aromatic rings. The van der Waals surface area contributed by atoms with Crippen LogP contribution in [0.25, 0.3) is 0 Å². The van der Waals surface area contributed by atoms with Crippen LogP contribution in [0, 0.1) is 5.92 Å². The first kappa shape index (κ1) is 25.3. The first-order chi connectivity index (χ1) is 17.2. The number of fused-ring (bicyclic) bond motifs is 1. The van der Waals surface area contributed by atoms with Crippen LogP contribution in [0.5, 0.6) is 0 Å². The van der Waals surface area contributed by atoms with Crippen molar-refractivity contribution in [3.63, 3.8) is 0 Å². The van der Waals surface area contributed by atoms with Crippen molar-refractivity contribution >= 4 is 30.5 Å². The molecule has 4 atom stereocenters. The summed E-state index contributed by atoms with van der Waals surface area (Å²) in [5, 5.41) is 5.64. The molecule has 2 fully saturated rings. The normalized spacial score (nSPS) is 22.9. The largest absolute Gasteiger partial charge is 0.706 e. The monoisotopic (exact) mass is 496 g/mol. The predicted octanol–water partition coefficient (Wildman–Crippen LogP) is 0.881. The second-order valence-corrected chi connectivity index (χ2v) is 9.43. The average molecular weight is 496 g/mol. The summed E-state index contributed by atoms with van der Waals surface area (Å²) < 4.78 is 13.8. The number of nitrogens with zero attached hydrogens (tertiary/aromatic N) is 2. The zero-order valence-corrected chi connectivity index (χ0v) is 20.4. The smallest absolute Gasteiger partial charge is 0.579 e. The minimum Gasteiger partial charge on any atom is -0.579 e. The molecule has 11 nitrogen and oxygen atoms in total. The van der Waals surface area contributed by atoms with Crippen molar-refractivity contribution in [2.75, 3.05) is 6.61 Å². The van der Waals surface area contributed by atoms with E-state index in [9.17, 15) is 19.2 Å². The van der Waals surface area contributed by atoms with Crippen molar-refractivity contribution in [1.29, 1.82) is 0 Å². The number of amides is 2. The summed E-state index contributed by atoms with van der Waals surface area (Å²) >= 11 is 0. The van der Waals surface area contributed by atoms with Gasteiger partial charge in [-0.2, -0.15) is 0 Å². The lowest BCUT2D eigenvalue weighted by Gasteiger charge is -2.37. The van der Waals surface area contributed by atoms with E-state index < -0.39 is 48.6 Å². The molecule has 2 N–H and O–H groups in total. The molecule has 0 radical (unpaired) electrons. The Morgan fingerprint density at radius 3 is 2.56 bits per heavy atom. The predicted molar refractivity (Wildman–Crippen MR) is 128 cm³/mol. The first-order valence-corrected chi connectivity index (χ1v) is 11.9. The van der Waals surface area contributed by atoms with E-state index >= 15 is 0 Å². The molecule has 4 rings (SSSR count). The summed E-state index contributed by atoms with van der Waals surface area (Å²) in [5.74, 6) is -2.96. The lowest BCUT2D eigenvalue weighted by atomic mass is 9.65. The Balaban J connectivity index is 1.61. The third-order valence-corrected chi connectivity index (χ3v) is 6.31. The number of aromatic nitrogens is 2. The number of nitrogens with one attached hydrogen (secondary N) is 2. The summed E-state index contributed by atoms with van der Waals surface area (Å²) in [5.41, 5.74) is 0.889. The maximum absolute atomic E-state index is 13.6. The standard InChI is InChI=1S/C24H29BN4O7/c1-15(2)11-20(25-34-21(30)14-36(25)16(3)24(33)35-25)29-22(31)18(12-17-7-5-4-6-8-17)28-23(32)19-13-26-9-10-27-19/h4-10,13,15-16,18,20H,11-12,14H2,1-3H3,(H,28,32)(H,29,31)/t16-,18+,20+,25?/m1/s1. The third-order valence-electron chi connectivity index (χ3n) is 6.31. The highest BCUT2D eigenvalue weighted by molar-refractivity contribution is 6.69. The molecule has 2 aliphatic rings. The number of carbonyl (C=O) groups is 4. The fourth-order valence-electron chi connectivity index (χ4n) is 4.61. The molecule has 1 aromatic heterocycles. The van der Waals surface area contributed by atoms with E-state index in [0.29, 0.717) is 6.42 Å². The molecule has 0 saturated carbocycles. The van der Waals surface area contributed by atoms with Crippen molar-refractivity contribution in [1.82, 2.24) is 20.6 Å². The van der Waals surface area contributed by atoms with E-state index in [4.69, 9.17) is 9.31 Å². The summed E-state index contributed by atoms with van der Waals surface area (Å²) in [6.45, 7) is 2.63. The van der Waals surface area contributed by atoms with Gasteiger partial charge < -0.3 is 24.2 Å². The minimum absolute atomic E-state index is 0.0599. The number of carbonyl (C=O) groups excluding carboxylic acids is 4. The van der Waals surface area contributed by atoms with Gasteiger partial charge in [0.2, 0.25) is 12.0 Å².